The first-order chi connectivity index (χ1) is 14.2. The number of aromatic nitrogens is 2. The first-order valence-electron chi connectivity index (χ1n) is 10.5. The van der Waals surface area contributed by atoms with Crippen LogP contribution in [0.5, 0.6) is 5.75 Å². The number of hydrogen-bond donors (Lipinski definition) is 1. The molecule has 0 unspecified atom stereocenters. The lowest BCUT2D eigenvalue weighted by molar-refractivity contribution is 0.288. The van der Waals surface area contributed by atoms with E-state index in [-0.39, 0.29) is 5.75 Å². The van der Waals surface area contributed by atoms with Crippen LogP contribution in [0.2, 0.25) is 0 Å². The normalized spacial score (nSPS) is 12.1. The van der Waals surface area contributed by atoms with Gasteiger partial charge in [-0.05, 0) is 42.5 Å². The number of halogens is 1. The Morgan fingerprint density at radius 3 is 2.10 bits per heavy atom. The monoisotopic (exact) mass is 392 g/mol. The van der Waals surface area contributed by atoms with Gasteiger partial charge in [-0.1, -0.05) is 69.0 Å². The smallest absolute Gasteiger partial charge is 0.159 e. The second kappa shape index (κ2) is 10.7. The van der Waals surface area contributed by atoms with E-state index in [1.54, 1.807) is 24.5 Å². The van der Waals surface area contributed by atoms with Gasteiger partial charge in [0.15, 0.2) is 5.82 Å². The van der Waals surface area contributed by atoms with Crippen molar-refractivity contribution in [3.63, 3.8) is 0 Å². The second-order valence-electron chi connectivity index (χ2n) is 7.52. The molecule has 0 radical (unpaired) electrons. The minimum Gasteiger partial charge on any atom is -0.508 e. The molecule has 29 heavy (non-hydrogen) atoms. The maximum Gasteiger partial charge on any atom is 0.159 e. The van der Waals surface area contributed by atoms with Crippen molar-refractivity contribution in [1.29, 1.82) is 0 Å². The third kappa shape index (κ3) is 6.38. The minimum atomic E-state index is -0.706. The van der Waals surface area contributed by atoms with Crippen molar-refractivity contribution < 1.29 is 9.50 Å². The molecule has 1 atom stereocenters. The highest BCUT2D eigenvalue weighted by Crippen LogP contribution is 2.23. The SMILES string of the molecule is CCCCCC[C@@H](F)CCc1ccc(-c2ncc(-c3ccc(O)cc3)cn2)cc1. The van der Waals surface area contributed by atoms with E-state index in [9.17, 15) is 9.50 Å². The number of aromatic hydroxyl groups is 1. The van der Waals surface area contributed by atoms with E-state index in [0.717, 1.165) is 41.5 Å². The summed E-state index contributed by atoms with van der Waals surface area (Å²) in [4.78, 5) is 8.93. The van der Waals surface area contributed by atoms with Crippen molar-refractivity contribution in [1.82, 2.24) is 9.97 Å². The molecule has 0 fully saturated rings. The molecule has 0 spiro atoms. The standard InChI is InChI=1S/C25H29FN2O/c1-2-3-4-5-6-23(26)14-9-19-7-10-21(11-8-19)25-27-17-22(18-28-25)20-12-15-24(29)16-13-20/h7-8,10-13,15-18,23,29H,2-6,9,14H2,1H3/t23-/m1/s1. The highest BCUT2D eigenvalue weighted by Gasteiger charge is 2.08. The largest absolute Gasteiger partial charge is 0.508 e. The zero-order chi connectivity index (χ0) is 20.5. The fourth-order valence-electron chi connectivity index (χ4n) is 3.36. The lowest BCUT2D eigenvalue weighted by Crippen LogP contribution is -2.02. The van der Waals surface area contributed by atoms with E-state index in [4.69, 9.17) is 0 Å². The van der Waals surface area contributed by atoms with Crippen molar-refractivity contribution in [2.75, 3.05) is 0 Å². The van der Waals surface area contributed by atoms with Crippen LogP contribution in [-0.2, 0) is 6.42 Å². The third-order valence-electron chi connectivity index (χ3n) is 5.18. The number of unbranched alkanes of at least 4 members (excludes halogenated alkanes) is 3. The number of rotatable bonds is 10. The van der Waals surface area contributed by atoms with Crippen LogP contribution in [0.1, 0.15) is 51.0 Å². The number of phenolic OH excluding ortho intramolecular Hbond substituents is 1. The zero-order valence-corrected chi connectivity index (χ0v) is 17.0. The van der Waals surface area contributed by atoms with Gasteiger partial charge in [0.25, 0.3) is 0 Å². The summed E-state index contributed by atoms with van der Waals surface area (Å²) in [6.07, 6.45) is 9.41. The highest BCUT2D eigenvalue weighted by molar-refractivity contribution is 5.64. The van der Waals surface area contributed by atoms with Crippen LogP contribution < -0.4 is 0 Å². The van der Waals surface area contributed by atoms with Gasteiger partial charge in [0.2, 0.25) is 0 Å². The van der Waals surface area contributed by atoms with Gasteiger partial charge < -0.3 is 5.11 Å². The van der Waals surface area contributed by atoms with Crippen molar-refractivity contribution in [2.45, 2.75) is 58.0 Å². The van der Waals surface area contributed by atoms with Crippen molar-refractivity contribution in [3.05, 3.63) is 66.5 Å². The Hall–Kier alpha value is -2.75. The predicted molar refractivity (Wildman–Crippen MR) is 117 cm³/mol. The highest BCUT2D eigenvalue weighted by atomic mass is 19.1. The van der Waals surface area contributed by atoms with Crippen LogP contribution in [-0.4, -0.2) is 21.2 Å². The number of nitrogens with zero attached hydrogens (tertiary/aromatic N) is 2. The summed E-state index contributed by atoms with van der Waals surface area (Å²) in [6.45, 7) is 2.17. The van der Waals surface area contributed by atoms with Crippen LogP contribution in [0.3, 0.4) is 0 Å². The van der Waals surface area contributed by atoms with E-state index >= 15 is 0 Å². The fraction of sp³-hybridized carbons (Fsp3) is 0.360. The predicted octanol–water partition coefficient (Wildman–Crippen LogP) is 6.76. The Morgan fingerprint density at radius 1 is 0.793 bits per heavy atom. The molecular formula is C25H29FN2O. The Kier molecular flexibility index (Phi) is 7.74. The van der Waals surface area contributed by atoms with Crippen LogP contribution in [0.4, 0.5) is 4.39 Å². The van der Waals surface area contributed by atoms with Gasteiger partial charge in [0.1, 0.15) is 11.9 Å². The third-order valence-corrected chi connectivity index (χ3v) is 5.18. The van der Waals surface area contributed by atoms with Gasteiger partial charge in [-0.15, -0.1) is 0 Å². The molecule has 0 bridgehead atoms. The Balaban J connectivity index is 1.54. The number of phenols is 1. The van der Waals surface area contributed by atoms with Crippen molar-refractivity contribution in [3.8, 4) is 28.3 Å². The Labute approximate surface area is 172 Å². The molecular weight excluding hydrogens is 363 g/mol. The average Bonchev–Trinajstić information content (AvgIpc) is 2.76. The maximum absolute atomic E-state index is 14.0. The van der Waals surface area contributed by atoms with E-state index in [1.165, 1.54) is 12.8 Å². The molecule has 1 aromatic heterocycles. The Morgan fingerprint density at radius 2 is 1.45 bits per heavy atom. The van der Waals surface area contributed by atoms with Crippen LogP contribution >= 0.6 is 0 Å². The molecule has 152 valence electrons. The molecule has 0 aliphatic rings. The van der Waals surface area contributed by atoms with Crippen LogP contribution in [0.25, 0.3) is 22.5 Å². The fourth-order valence-corrected chi connectivity index (χ4v) is 3.36. The summed E-state index contributed by atoms with van der Waals surface area (Å²) < 4.78 is 14.0. The van der Waals surface area contributed by atoms with E-state index < -0.39 is 6.17 Å². The van der Waals surface area contributed by atoms with Crippen molar-refractivity contribution in [2.24, 2.45) is 0 Å². The summed E-state index contributed by atoms with van der Waals surface area (Å²) in [5.41, 5.74) is 3.95. The molecule has 1 N–H and O–H groups in total. The molecule has 0 saturated heterocycles. The molecule has 0 amide bonds. The number of alkyl halides is 1. The van der Waals surface area contributed by atoms with Gasteiger partial charge in [-0.25, -0.2) is 14.4 Å². The number of hydrogen-bond acceptors (Lipinski definition) is 3. The van der Waals surface area contributed by atoms with E-state index in [1.807, 2.05) is 36.4 Å². The van der Waals surface area contributed by atoms with Crippen molar-refractivity contribution >= 4 is 0 Å². The Bertz CT molecular complexity index is 861. The van der Waals surface area contributed by atoms with E-state index in [0.29, 0.717) is 18.7 Å². The first-order valence-corrected chi connectivity index (χ1v) is 10.5. The average molecular weight is 393 g/mol. The summed E-state index contributed by atoms with van der Waals surface area (Å²) in [5, 5.41) is 9.39. The molecule has 3 nitrogen and oxygen atoms in total. The van der Waals surface area contributed by atoms with Gasteiger partial charge in [-0.2, -0.15) is 0 Å². The summed E-state index contributed by atoms with van der Waals surface area (Å²) in [5.74, 6) is 0.903. The lowest BCUT2D eigenvalue weighted by Gasteiger charge is -2.09. The van der Waals surface area contributed by atoms with Crippen LogP contribution in [0, 0.1) is 0 Å². The van der Waals surface area contributed by atoms with Crippen LogP contribution in [0.15, 0.2) is 60.9 Å². The summed E-state index contributed by atoms with van der Waals surface area (Å²) >= 11 is 0. The molecule has 2 aromatic carbocycles. The quantitative estimate of drug-likeness (QED) is 0.388. The molecule has 0 saturated carbocycles. The van der Waals surface area contributed by atoms with Gasteiger partial charge in [0.05, 0.1) is 0 Å². The van der Waals surface area contributed by atoms with Gasteiger partial charge in [-0.3, -0.25) is 0 Å². The second-order valence-corrected chi connectivity index (χ2v) is 7.52. The molecule has 0 aliphatic carbocycles. The lowest BCUT2D eigenvalue weighted by atomic mass is 10.0. The maximum atomic E-state index is 14.0. The number of aryl methyl sites for hydroxylation is 1. The zero-order valence-electron chi connectivity index (χ0n) is 17.0. The summed E-state index contributed by atoms with van der Waals surface area (Å²) in [7, 11) is 0. The molecule has 4 heteroatoms. The molecule has 0 aliphatic heterocycles. The van der Waals surface area contributed by atoms with Gasteiger partial charge >= 0.3 is 0 Å². The first kappa shape index (κ1) is 21.0. The molecule has 1 heterocycles. The topological polar surface area (TPSA) is 46.0 Å². The summed E-state index contributed by atoms with van der Waals surface area (Å²) in [6, 6.07) is 15.0. The van der Waals surface area contributed by atoms with Gasteiger partial charge in [0, 0.05) is 23.5 Å². The van der Waals surface area contributed by atoms with E-state index in [2.05, 4.69) is 16.9 Å². The number of benzene rings is 2. The molecule has 3 aromatic rings. The minimum absolute atomic E-state index is 0.238. The molecule has 3 rings (SSSR count).